The molecule has 3 rings (SSSR count). The summed E-state index contributed by atoms with van der Waals surface area (Å²) in [5.41, 5.74) is -2.03. The van der Waals surface area contributed by atoms with E-state index >= 15 is 0 Å². The van der Waals surface area contributed by atoms with Crippen molar-refractivity contribution in [3.05, 3.63) is 12.2 Å². The highest BCUT2D eigenvalue weighted by atomic mass is 16.6. The number of hydrogen-bond donors (Lipinski definition) is 1. The number of ether oxygens (including phenoxy) is 2. The van der Waals surface area contributed by atoms with Crippen LogP contribution in [-0.4, -0.2) is 35.4 Å². The van der Waals surface area contributed by atoms with Gasteiger partial charge in [-0.1, -0.05) is 12.2 Å². The summed E-state index contributed by atoms with van der Waals surface area (Å²) in [6, 6.07) is 0. The summed E-state index contributed by atoms with van der Waals surface area (Å²) >= 11 is 0. The van der Waals surface area contributed by atoms with E-state index in [1.165, 1.54) is 0 Å². The lowest BCUT2D eigenvalue weighted by Gasteiger charge is -2.33. The van der Waals surface area contributed by atoms with Gasteiger partial charge in [0, 0.05) is 0 Å². The molecule has 0 aromatic rings. The lowest BCUT2D eigenvalue weighted by molar-refractivity contribution is -0.159. The number of esters is 2. The zero-order chi connectivity index (χ0) is 10.7. The molecule has 3 aliphatic rings. The Morgan fingerprint density at radius 2 is 2.33 bits per heavy atom. The molecule has 80 valence electrons. The molecule has 15 heavy (non-hydrogen) atoms. The van der Waals surface area contributed by atoms with Crippen LogP contribution in [0.2, 0.25) is 0 Å². The third-order valence-electron chi connectivity index (χ3n) is 3.58. The first-order valence-electron chi connectivity index (χ1n) is 4.85. The second-order valence-corrected chi connectivity index (χ2v) is 4.29. The standard InChI is InChI=1S/C10H10O5/c11-5-10-2-1-6(15-10)3-9(10)4-7(12)14-8(9)13/h1-2,6,11H,3-5H2. The maximum Gasteiger partial charge on any atom is 0.323 e. The average Bonchev–Trinajstić information content (AvgIpc) is 2.80. The van der Waals surface area contributed by atoms with Gasteiger partial charge in [-0.2, -0.15) is 0 Å². The number of aliphatic hydroxyl groups excluding tert-OH is 1. The van der Waals surface area contributed by atoms with E-state index < -0.39 is 23.0 Å². The Balaban J connectivity index is 2.10. The van der Waals surface area contributed by atoms with Crippen LogP contribution >= 0.6 is 0 Å². The number of carbonyl (C=O) groups excluding carboxylic acids is 2. The summed E-state index contributed by atoms with van der Waals surface area (Å²) in [7, 11) is 0. The van der Waals surface area contributed by atoms with E-state index in [-0.39, 0.29) is 19.1 Å². The molecule has 2 saturated heterocycles. The van der Waals surface area contributed by atoms with Crippen LogP contribution < -0.4 is 0 Å². The van der Waals surface area contributed by atoms with Crippen molar-refractivity contribution in [2.75, 3.05) is 6.61 Å². The van der Waals surface area contributed by atoms with Gasteiger partial charge in [0.05, 0.1) is 19.1 Å². The summed E-state index contributed by atoms with van der Waals surface area (Å²) in [5.74, 6) is -1.09. The number of carbonyl (C=O) groups is 2. The Morgan fingerprint density at radius 1 is 1.53 bits per heavy atom. The van der Waals surface area contributed by atoms with Crippen LogP contribution in [0.15, 0.2) is 12.2 Å². The van der Waals surface area contributed by atoms with Crippen LogP contribution in [0.25, 0.3) is 0 Å². The van der Waals surface area contributed by atoms with Crippen molar-refractivity contribution in [1.29, 1.82) is 0 Å². The van der Waals surface area contributed by atoms with Gasteiger partial charge < -0.3 is 14.6 Å². The molecule has 1 N–H and O–H groups in total. The molecule has 3 aliphatic heterocycles. The van der Waals surface area contributed by atoms with Gasteiger partial charge in [0.1, 0.15) is 11.0 Å². The van der Waals surface area contributed by atoms with E-state index in [9.17, 15) is 14.7 Å². The predicted molar refractivity (Wildman–Crippen MR) is 46.6 cm³/mol. The quantitative estimate of drug-likeness (QED) is 0.360. The SMILES string of the molecule is O=C1CC2(CC3C=CC2(CO)O3)C(=O)O1. The van der Waals surface area contributed by atoms with Crippen LogP contribution in [0.5, 0.6) is 0 Å². The van der Waals surface area contributed by atoms with Crippen molar-refractivity contribution in [2.45, 2.75) is 24.5 Å². The Kier molecular flexibility index (Phi) is 1.50. The number of fused-ring (bicyclic) bond motifs is 3. The first-order valence-corrected chi connectivity index (χ1v) is 4.85. The van der Waals surface area contributed by atoms with Crippen LogP contribution in [0.4, 0.5) is 0 Å². The molecular weight excluding hydrogens is 200 g/mol. The van der Waals surface area contributed by atoms with Crippen LogP contribution in [0.3, 0.4) is 0 Å². The highest BCUT2D eigenvalue weighted by Gasteiger charge is 2.69. The van der Waals surface area contributed by atoms with Crippen molar-refractivity contribution >= 4 is 11.9 Å². The molecule has 0 aromatic carbocycles. The van der Waals surface area contributed by atoms with Gasteiger partial charge in [0.25, 0.3) is 0 Å². The van der Waals surface area contributed by atoms with Crippen molar-refractivity contribution < 1.29 is 24.2 Å². The fourth-order valence-corrected chi connectivity index (χ4v) is 2.78. The molecule has 5 heteroatoms. The van der Waals surface area contributed by atoms with E-state index in [0.717, 1.165) is 0 Å². The summed E-state index contributed by atoms with van der Waals surface area (Å²) in [6.07, 6.45) is 3.75. The van der Waals surface area contributed by atoms with Gasteiger partial charge in [-0.15, -0.1) is 0 Å². The summed E-state index contributed by atoms with van der Waals surface area (Å²) in [5, 5.41) is 9.38. The summed E-state index contributed by atoms with van der Waals surface area (Å²) < 4.78 is 10.1. The minimum absolute atomic E-state index is 0.00718. The highest BCUT2D eigenvalue weighted by molar-refractivity contribution is 5.99. The molecule has 0 aliphatic carbocycles. The van der Waals surface area contributed by atoms with Crippen LogP contribution in [0, 0.1) is 5.41 Å². The molecule has 0 saturated carbocycles. The molecule has 5 nitrogen and oxygen atoms in total. The lowest BCUT2D eigenvalue weighted by Crippen LogP contribution is -2.49. The number of aliphatic hydroxyl groups is 1. The fourth-order valence-electron chi connectivity index (χ4n) is 2.78. The predicted octanol–water partition coefficient (Wildman–Crippen LogP) is -0.464. The van der Waals surface area contributed by atoms with Gasteiger partial charge >= 0.3 is 11.9 Å². The Labute approximate surface area is 85.7 Å². The average molecular weight is 210 g/mol. The number of rotatable bonds is 1. The molecular formula is C10H10O5. The molecule has 2 fully saturated rings. The molecule has 3 unspecified atom stereocenters. The maximum atomic E-state index is 11.7. The zero-order valence-electron chi connectivity index (χ0n) is 7.93. The van der Waals surface area contributed by atoms with Crippen molar-refractivity contribution in [3.8, 4) is 0 Å². The van der Waals surface area contributed by atoms with Gasteiger partial charge in [0.2, 0.25) is 0 Å². The Hall–Kier alpha value is -1.20. The fraction of sp³-hybridized carbons (Fsp3) is 0.600. The minimum atomic E-state index is -1.04. The smallest absolute Gasteiger partial charge is 0.323 e. The van der Waals surface area contributed by atoms with E-state index in [4.69, 9.17) is 4.74 Å². The third-order valence-corrected chi connectivity index (χ3v) is 3.58. The zero-order valence-corrected chi connectivity index (χ0v) is 7.93. The molecule has 0 aromatic heterocycles. The van der Waals surface area contributed by atoms with Crippen molar-refractivity contribution in [1.82, 2.24) is 0 Å². The second kappa shape index (κ2) is 2.48. The van der Waals surface area contributed by atoms with E-state index in [0.29, 0.717) is 6.42 Å². The first-order chi connectivity index (χ1) is 7.12. The monoisotopic (exact) mass is 210 g/mol. The van der Waals surface area contributed by atoms with E-state index in [1.807, 2.05) is 6.08 Å². The van der Waals surface area contributed by atoms with Crippen LogP contribution in [-0.2, 0) is 19.1 Å². The molecule has 0 radical (unpaired) electrons. The van der Waals surface area contributed by atoms with Crippen molar-refractivity contribution in [2.24, 2.45) is 5.41 Å². The molecule has 3 heterocycles. The largest absolute Gasteiger partial charge is 0.393 e. The highest BCUT2D eigenvalue weighted by Crippen LogP contribution is 2.56. The molecule has 3 atom stereocenters. The van der Waals surface area contributed by atoms with Crippen molar-refractivity contribution in [3.63, 3.8) is 0 Å². The lowest BCUT2D eigenvalue weighted by atomic mass is 9.67. The first kappa shape index (κ1) is 9.06. The number of cyclic esters (lactones) is 2. The van der Waals surface area contributed by atoms with E-state index in [2.05, 4.69) is 4.74 Å². The van der Waals surface area contributed by atoms with Gasteiger partial charge in [0.15, 0.2) is 0 Å². The second-order valence-electron chi connectivity index (χ2n) is 4.29. The summed E-state index contributed by atoms with van der Waals surface area (Å²) in [4.78, 5) is 22.8. The van der Waals surface area contributed by atoms with Gasteiger partial charge in [-0.25, -0.2) is 0 Å². The molecule has 0 amide bonds. The van der Waals surface area contributed by atoms with Gasteiger partial charge in [-0.05, 0) is 6.42 Å². The molecule has 1 spiro atoms. The van der Waals surface area contributed by atoms with E-state index in [1.54, 1.807) is 6.08 Å². The minimum Gasteiger partial charge on any atom is -0.393 e. The Morgan fingerprint density at radius 3 is 2.87 bits per heavy atom. The topological polar surface area (TPSA) is 72.8 Å². The third kappa shape index (κ3) is 0.854. The van der Waals surface area contributed by atoms with Gasteiger partial charge in [-0.3, -0.25) is 9.59 Å². The maximum absolute atomic E-state index is 11.7. The Bertz CT molecular complexity index is 387. The summed E-state index contributed by atoms with van der Waals surface area (Å²) in [6.45, 7) is -0.303. The number of hydrogen-bond acceptors (Lipinski definition) is 5. The van der Waals surface area contributed by atoms with Crippen LogP contribution in [0.1, 0.15) is 12.8 Å². The molecule has 2 bridgehead atoms. The normalized spacial score (nSPS) is 46.9.